The van der Waals surface area contributed by atoms with Crippen LogP contribution in [0.5, 0.6) is 11.5 Å². The number of benzene rings is 1. The molecule has 0 fully saturated rings. The molecule has 0 amide bonds. The number of nitrogens with zero attached hydrogens (tertiary/aromatic N) is 2. The lowest BCUT2D eigenvalue weighted by Crippen LogP contribution is -1.98. The number of aromatic nitrogens is 2. The van der Waals surface area contributed by atoms with Crippen molar-refractivity contribution in [2.45, 2.75) is 13.3 Å². The van der Waals surface area contributed by atoms with Crippen molar-refractivity contribution in [1.82, 2.24) is 9.78 Å². The molecule has 22 heavy (non-hydrogen) atoms. The van der Waals surface area contributed by atoms with Gasteiger partial charge in [-0.3, -0.25) is 9.48 Å². The van der Waals surface area contributed by atoms with Crippen molar-refractivity contribution < 1.29 is 14.3 Å². The molecule has 1 aliphatic carbocycles. The van der Waals surface area contributed by atoms with Gasteiger partial charge in [0.15, 0.2) is 17.3 Å². The quantitative estimate of drug-likeness (QED) is 0.817. The number of carbonyl (C=O) groups excluding carboxylic acids is 1. The maximum absolute atomic E-state index is 12.6. The summed E-state index contributed by atoms with van der Waals surface area (Å²) in [7, 11) is 5.05. The summed E-state index contributed by atoms with van der Waals surface area (Å²) in [6, 6.07) is 3.64. The average molecular weight is 298 g/mol. The van der Waals surface area contributed by atoms with Gasteiger partial charge >= 0.3 is 0 Å². The molecule has 3 rings (SSSR count). The summed E-state index contributed by atoms with van der Waals surface area (Å²) in [6.07, 6.45) is 4.30. The number of hydrogen-bond acceptors (Lipinski definition) is 4. The van der Waals surface area contributed by atoms with E-state index in [9.17, 15) is 4.79 Å². The topological polar surface area (TPSA) is 53.4 Å². The molecule has 5 heteroatoms. The van der Waals surface area contributed by atoms with Gasteiger partial charge in [0.1, 0.15) is 0 Å². The zero-order chi connectivity index (χ0) is 15.9. The van der Waals surface area contributed by atoms with Gasteiger partial charge in [-0.15, -0.1) is 0 Å². The van der Waals surface area contributed by atoms with Crippen molar-refractivity contribution in [2.24, 2.45) is 7.05 Å². The van der Waals surface area contributed by atoms with E-state index < -0.39 is 0 Å². The van der Waals surface area contributed by atoms with Gasteiger partial charge < -0.3 is 9.47 Å². The number of hydrogen-bond donors (Lipinski definition) is 0. The molecule has 0 N–H and O–H groups in total. The van der Waals surface area contributed by atoms with Crippen LogP contribution in [0.1, 0.15) is 27.2 Å². The Bertz CT molecular complexity index is 787. The first kappa shape index (κ1) is 14.4. The summed E-state index contributed by atoms with van der Waals surface area (Å²) in [6.45, 7) is 1.98. The molecule has 0 bridgehead atoms. The second-order valence-corrected chi connectivity index (χ2v) is 5.35. The average Bonchev–Trinajstić information content (AvgIpc) is 3.00. The van der Waals surface area contributed by atoms with E-state index in [0.29, 0.717) is 23.5 Å². The highest BCUT2D eigenvalue weighted by Gasteiger charge is 2.27. The van der Waals surface area contributed by atoms with Crippen molar-refractivity contribution in [3.63, 3.8) is 0 Å². The predicted molar refractivity (Wildman–Crippen MR) is 83.5 cm³/mol. The Labute approximate surface area is 129 Å². The normalized spacial score (nSPS) is 15.3. The van der Waals surface area contributed by atoms with Crippen molar-refractivity contribution in [3.05, 3.63) is 46.3 Å². The monoisotopic (exact) mass is 298 g/mol. The summed E-state index contributed by atoms with van der Waals surface area (Å²) >= 11 is 0. The maximum Gasteiger partial charge on any atom is 0.189 e. The molecule has 1 aliphatic rings. The van der Waals surface area contributed by atoms with Crippen molar-refractivity contribution >= 4 is 11.9 Å². The second kappa shape index (κ2) is 5.33. The molecule has 0 saturated heterocycles. The molecule has 1 heterocycles. The number of ether oxygens (including phenoxy) is 2. The number of methoxy groups -OCH3 is 2. The molecule has 5 nitrogen and oxygen atoms in total. The minimum atomic E-state index is 0.0409. The van der Waals surface area contributed by atoms with Crippen LogP contribution < -0.4 is 9.47 Å². The molecule has 1 aromatic heterocycles. The van der Waals surface area contributed by atoms with E-state index in [2.05, 4.69) is 5.10 Å². The van der Waals surface area contributed by atoms with Crippen LogP contribution in [0.4, 0.5) is 0 Å². The minimum absolute atomic E-state index is 0.0409. The van der Waals surface area contributed by atoms with Gasteiger partial charge in [-0.05, 0) is 30.7 Å². The fourth-order valence-electron chi connectivity index (χ4n) is 2.70. The number of ketones is 1. The van der Waals surface area contributed by atoms with Gasteiger partial charge in [0.2, 0.25) is 0 Å². The Morgan fingerprint density at radius 1 is 1.23 bits per heavy atom. The van der Waals surface area contributed by atoms with Gasteiger partial charge in [0.25, 0.3) is 0 Å². The molecule has 0 saturated carbocycles. The number of allylic oxidation sites excluding steroid dienone is 1. The van der Waals surface area contributed by atoms with E-state index in [1.165, 1.54) is 0 Å². The Morgan fingerprint density at radius 3 is 2.50 bits per heavy atom. The second-order valence-electron chi connectivity index (χ2n) is 5.35. The van der Waals surface area contributed by atoms with Crippen molar-refractivity contribution in [1.29, 1.82) is 0 Å². The molecular weight excluding hydrogens is 280 g/mol. The first-order valence-electron chi connectivity index (χ1n) is 7.04. The summed E-state index contributed by atoms with van der Waals surface area (Å²) in [5.74, 6) is 1.26. The lowest BCUT2D eigenvalue weighted by molar-refractivity contribution is 0.104. The number of aryl methyl sites for hydroxylation is 1. The van der Waals surface area contributed by atoms with Crippen LogP contribution in [0.3, 0.4) is 0 Å². The van der Waals surface area contributed by atoms with E-state index in [-0.39, 0.29) is 5.78 Å². The maximum atomic E-state index is 12.6. The highest BCUT2D eigenvalue weighted by atomic mass is 16.5. The number of rotatable bonds is 3. The summed E-state index contributed by atoms with van der Waals surface area (Å²) in [4.78, 5) is 12.6. The smallest absolute Gasteiger partial charge is 0.189 e. The van der Waals surface area contributed by atoms with E-state index in [4.69, 9.17) is 9.47 Å². The van der Waals surface area contributed by atoms with Crippen LogP contribution in [0.25, 0.3) is 6.08 Å². The summed E-state index contributed by atoms with van der Waals surface area (Å²) in [5, 5.41) is 4.21. The predicted octanol–water partition coefficient (Wildman–Crippen LogP) is 2.57. The van der Waals surface area contributed by atoms with E-state index >= 15 is 0 Å². The zero-order valence-corrected chi connectivity index (χ0v) is 13.1. The highest BCUT2D eigenvalue weighted by Crippen LogP contribution is 2.37. The van der Waals surface area contributed by atoms with Crippen LogP contribution in [-0.2, 0) is 13.5 Å². The van der Waals surface area contributed by atoms with Gasteiger partial charge in [0.05, 0.1) is 20.4 Å². The van der Waals surface area contributed by atoms with Gasteiger partial charge in [-0.2, -0.15) is 5.10 Å². The molecule has 1 aromatic carbocycles. The largest absolute Gasteiger partial charge is 0.493 e. The number of carbonyl (C=O) groups is 1. The molecule has 0 aliphatic heterocycles. The fourth-order valence-corrected chi connectivity index (χ4v) is 2.70. The van der Waals surface area contributed by atoms with Gasteiger partial charge in [0, 0.05) is 35.9 Å². The first-order valence-corrected chi connectivity index (χ1v) is 7.04. The molecule has 114 valence electrons. The zero-order valence-electron chi connectivity index (χ0n) is 13.1. The number of Topliss-reactive ketones (excluding diaryl/α,β-unsaturated/α-hetero) is 1. The van der Waals surface area contributed by atoms with Crippen LogP contribution in [-0.4, -0.2) is 29.8 Å². The third-order valence-electron chi connectivity index (χ3n) is 4.13. The number of fused-ring (bicyclic) bond motifs is 1. The first-order chi connectivity index (χ1) is 10.5. The minimum Gasteiger partial charge on any atom is -0.493 e. The fraction of sp³-hybridized carbons (Fsp3) is 0.294. The van der Waals surface area contributed by atoms with Crippen LogP contribution in [0.2, 0.25) is 0 Å². The molecule has 0 spiro atoms. The molecule has 0 radical (unpaired) electrons. The Balaban J connectivity index is 2.02. The van der Waals surface area contributed by atoms with Crippen molar-refractivity contribution in [3.8, 4) is 11.5 Å². The lowest BCUT2D eigenvalue weighted by atomic mass is 10.1. The Kier molecular flexibility index (Phi) is 3.48. The summed E-state index contributed by atoms with van der Waals surface area (Å²) < 4.78 is 12.4. The Hall–Kier alpha value is -2.56. The third kappa shape index (κ3) is 2.19. The molecule has 0 atom stereocenters. The molecule has 0 unspecified atom stereocenters. The van der Waals surface area contributed by atoms with E-state index in [1.807, 2.05) is 26.1 Å². The van der Waals surface area contributed by atoms with Crippen LogP contribution in [0, 0.1) is 6.92 Å². The third-order valence-corrected chi connectivity index (χ3v) is 4.13. The Morgan fingerprint density at radius 2 is 1.91 bits per heavy atom. The lowest BCUT2D eigenvalue weighted by Gasteiger charge is -2.08. The van der Waals surface area contributed by atoms with Crippen LogP contribution in [0.15, 0.2) is 23.9 Å². The van der Waals surface area contributed by atoms with Gasteiger partial charge in [-0.25, -0.2) is 0 Å². The van der Waals surface area contributed by atoms with Gasteiger partial charge in [-0.1, -0.05) is 0 Å². The molecular formula is C17H18N2O3. The van der Waals surface area contributed by atoms with E-state index in [1.54, 1.807) is 31.2 Å². The summed E-state index contributed by atoms with van der Waals surface area (Å²) in [5.41, 5.74) is 4.42. The molecule has 2 aromatic rings. The standard InChI is InChI=1S/C17H18N2O3/c1-10-13(9-18-19(10)2)6-12-5-11-7-15(21-3)16(22-4)8-14(11)17(12)20/h6-9H,5H2,1-4H3/b12-6+. The highest BCUT2D eigenvalue weighted by molar-refractivity contribution is 6.16. The SMILES string of the molecule is COc1cc2c(cc1OC)C(=O)/C(=C/c1cnn(C)c1C)C2. The van der Waals surface area contributed by atoms with Crippen LogP contribution >= 0.6 is 0 Å². The van der Waals surface area contributed by atoms with Crippen molar-refractivity contribution in [2.75, 3.05) is 14.2 Å². The van der Waals surface area contributed by atoms with E-state index in [0.717, 1.165) is 22.4 Å².